The number of hydrogen-bond acceptors (Lipinski definition) is 5. The number of nitrogens with zero attached hydrogens (tertiary/aromatic N) is 1. The zero-order valence-corrected chi connectivity index (χ0v) is 10.9. The molecule has 3 N–H and O–H groups in total. The van der Waals surface area contributed by atoms with Crippen molar-refractivity contribution >= 4 is 5.84 Å². The first-order valence-electron chi connectivity index (χ1n) is 5.49. The molecule has 0 unspecified atom stereocenters. The minimum atomic E-state index is 0.519. The monoisotopic (exact) mass is 253 g/mol. The maximum absolute atomic E-state index is 5.47. The van der Waals surface area contributed by atoms with Crippen LogP contribution in [0.15, 0.2) is 23.2 Å². The van der Waals surface area contributed by atoms with Crippen molar-refractivity contribution in [1.82, 2.24) is 5.43 Å². The number of hydrazine groups is 1. The molecule has 0 fully saturated rings. The largest absolute Gasteiger partial charge is 0.497 e. The number of ether oxygens (including phenoxy) is 3. The molecule has 1 rings (SSSR count). The summed E-state index contributed by atoms with van der Waals surface area (Å²) in [5, 5.41) is 0. The highest BCUT2D eigenvalue weighted by Crippen LogP contribution is 2.24. The average Bonchev–Trinajstić information content (AvgIpc) is 2.43. The number of nitrogens with one attached hydrogen (secondary N) is 1. The molecule has 0 saturated carbocycles. The summed E-state index contributed by atoms with van der Waals surface area (Å²) in [5.74, 6) is 7.37. The lowest BCUT2D eigenvalue weighted by Gasteiger charge is -2.12. The van der Waals surface area contributed by atoms with Crippen LogP contribution in [0.4, 0.5) is 0 Å². The first-order chi connectivity index (χ1) is 8.76. The molecule has 18 heavy (non-hydrogen) atoms. The first kappa shape index (κ1) is 14.3. The van der Waals surface area contributed by atoms with Crippen LogP contribution in [0.2, 0.25) is 0 Å². The van der Waals surface area contributed by atoms with Crippen LogP contribution in [0.1, 0.15) is 5.56 Å². The number of amidine groups is 1. The Balaban J connectivity index is 3.01. The Bertz CT molecular complexity index is 408. The Kier molecular flexibility index (Phi) is 5.96. The van der Waals surface area contributed by atoms with E-state index in [2.05, 4.69) is 10.4 Å². The molecule has 0 bridgehead atoms. The summed E-state index contributed by atoms with van der Waals surface area (Å²) in [7, 11) is 4.81. The van der Waals surface area contributed by atoms with Gasteiger partial charge < -0.3 is 19.6 Å². The molecule has 0 spiro atoms. The van der Waals surface area contributed by atoms with Crippen molar-refractivity contribution in [3.8, 4) is 11.5 Å². The van der Waals surface area contributed by atoms with Crippen LogP contribution in [0.5, 0.6) is 11.5 Å². The van der Waals surface area contributed by atoms with Crippen molar-refractivity contribution < 1.29 is 14.2 Å². The quantitative estimate of drug-likeness (QED) is 0.255. The van der Waals surface area contributed by atoms with Gasteiger partial charge in [-0.15, -0.1) is 0 Å². The fraction of sp³-hybridized carbons (Fsp3) is 0.417. The molecule has 1 aromatic rings. The predicted octanol–water partition coefficient (Wildman–Crippen LogP) is 0.560. The Labute approximate surface area is 107 Å². The van der Waals surface area contributed by atoms with Crippen molar-refractivity contribution in [1.29, 1.82) is 0 Å². The van der Waals surface area contributed by atoms with E-state index in [0.29, 0.717) is 30.5 Å². The van der Waals surface area contributed by atoms with Gasteiger partial charge in [0.2, 0.25) is 0 Å². The molecular weight excluding hydrogens is 234 g/mol. The second-order valence-corrected chi connectivity index (χ2v) is 3.43. The highest BCUT2D eigenvalue weighted by atomic mass is 16.5. The van der Waals surface area contributed by atoms with Crippen LogP contribution in [-0.2, 0) is 4.74 Å². The molecule has 0 heterocycles. The van der Waals surface area contributed by atoms with E-state index >= 15 is 0 Å². The van der Waals surface area contributed by atoms with E-state index in [1.54, 1.807) is 27.4 Å². The molecule has 1 aromatic carbocycles. The Morgan fingerprint density at radius 2 is 2.06 bits per heavy atom. The summed E-state index contributed by atoms with van der Waals surface area (Å²) in [5.41, 5.74) is 3.34. The van der Waals surface area contributed by atoms with E-state index in [-0.39, 0.29) is 0 Å². The minimum Gasteiger partial charge on any atom is -0.497 e. The van der Waals surface area contributed by atoms with Gasteiger partial charge in [-0.3, -0.25) is 4.99 Å². The summed E-state index contributed by atoms with van der Waals surface area (Å²) in [6, 6.07) is 5.43. The van der Waals surface area contributed by atoms with Gasteiger partial charge in [0.25, 0.3) is 0 Å². The lowest BCUT2D eigenvalue weighted by atomic mass is 10.1. The van der Waals surface area contributed by atoms with Crippen molar-refractivity contribution in [2.75, 3.05) is 34.5 Å². The summed E-state index contributed by atoms with van der Waals surface area (Å²) in [6.45, 7) is 1.05. The minimum absolute atomic E-state index is 0.519. The Morgan fingerprint density at radius 1 is 1.28 bits per heavy atom. The maximum atomic E-state index is 5.47. The van der Waals surface area contributed by atoms with E-state index < -0.39 is 0 Å². The summed E-state index contributed by atoms with van der Waals surface area (Å²) in [4.78, 5) is 4.30. The third-order valence-corrected chi connectivity index (χ3v) is 2.37. The Morgan fingerprint density at radius 3 is 2.61 bits per heavy atom. The van der Waals surface area contributed by atoms with Crippen LogP contribution in [0.25, 0.3) is 0 Å². The maximum Gasteiger partial charge on any atom is 0.146 e. The molecule has 6 nitrogen and oxygen atoms in total. The molecule has 0 radical (unpaired) electrons. The number of rotatable bonds is 6. The first-order valence-corrected chi connectivity index (χ1v) is 5.49. The third-order valence-electron chi connectivity index (χ3n) is 2.37. The predicted molar refractivity (Wildman–Crippen MR) is 70.1 cm³/mol. The molecule has 0 atom stereocenters. The van der Waals surface area contributed by atoms with Gasteiger partial charge in [-0.2, -0.15) is 0 Å². The van der Waals surface area contributed by atoms with Gasteiger partial charge in [-0.1, -0.05) is 0 Å². The zero-order valence-electron chi connectivity index (χ0n) is 10.9. The smallest absolute Gasteiger partial charge is 0.146 e. The molecule has 6 heteroatoms. The van der Waals surface area contributed by atoms with E-state index in [1.807, 2.05) is 12.1 Å². The van der Waals surface area contributed by atoms with Crippen molar-refractivity contribution in [2.24, 2.45) is 10.8 Å². The lowest BCUT2D eigenvalue weighted by molar-refractivity contribution is 0.208. The summed E-state index contributed by atoms with van der Waals surface area (Å²) < 4.78 is 15.4. The SMILES string of the molecule is COCCN=C(NN)c1ccc(OC)cc1OC. The lowest BCUT2D eigenvalue weighted by Crippen LogP contribution is -2.32. The van der Waals surface area contributed by atoms with Gasteiger partial charge in [0, 0.05) is 13.2 Å². The van der Waals surface area contributed by atoms with Gasteiger partial charge in [0.15, 0.2) is 0 Å². The van der Waals surface area contributed by atoms with E-state index in [1.165, 1.54) is 0 Å². The zero-order chi connectivity index (χ0) is 13.4. The molecule has 0 aliphatic carbocycles. The highest BCUT2D eigenvalue weighted by Gasteiger charge is 2.10. The average molecular weight is 253 g/mol. The summed E-state index contributed by atoms with van der Waals surface area (Å²) >= 11 is 0. The standard InChI is InChI=1S/C12H19N3O3/c1-16-7-6-14-12(15-13)10-5-4-9(17-2)8-11(10)18-3/h4-5,8H,6-7,13H2,1-3H3,(H,14,15). The second kappa shape index (κ2) is 7.52. The van der Waals surface area contributed by atoms with Gasteiger partial charge in [-0.25, -0.2) is 5.84 Å². The van der Waals surface area contributed by atoms with Crippen LogP contribution >= 0.6 is 0 Å². The van der Waals surface area contributed by atoms with E-state index in [9.17, 15) is 0 Å². The fourth-order valence-corrected chi connectivity index (χ4v) is 1.45. The number of methoxy groups -OCH3 is 3. The van der Waals surface area contributed by atoms with Gasteiger partial charge >= 0.3 is 0 Å². The van der Waals surface area contributed by atoms with Gasteiger partial charge in [0.05, 0.1) is 32.9 Å². The van der Waals surface area contributed by atoms with Crippen LogP contribution in [0.3, 0.4) is 0 Å². The third kappa shape index (κ3) is 3.61. The number of aliphatic imine (C=N–C) groups is 1. The van der Waals surface area contributed by atoms with Gasteiger partial charge in [0.1, 0.15) is 17.3 Å². The van der Waals surface area contributed by atoms with Crippen molar-refractivity contribution in [3.63, 3.8) is 0 Å². The van der Waals surface area contributed by atoms with E-state index in [4.69, 9.17) is 20.1 Å². The van der Waals surface area contributed by atoms with Crippen molar-refractivity contribution in [2.45, 2.75) is 0 Å². The molecule has 0 aliphatic heterocycles. The van der Waals surface area contributed by atoms with Crippen LogP contribution in [-0.4, -0.2) is 40.3 Å². The van der Waals surface area contributed by atoms with E-state index in [0.717, 1.165) is 5.56 Å². The van der Waals surface area contributed by atoms with Crippen LogP contribution in [0, 0.1) is 0 Å². The molecular formula is C12H19N3O3. The number of benzene rings is 1. The molecule has 0 aliphatic rings. The summed E-state index contributed by atoms with van der Waals surface area (Å²) in [6.07, 6.45) is 0. The number of hydrogen-bond donors (Lipinski definition) is 2. The highest BCUT2D eigenvalue weighted by molar-refractivity contribution is 6.01. The second-order valence-electron chi connectivity index (χ2n) is 3.43. The molecule has 0 saturated heterocycles. The Hall–Kier alpha value is -1.79. The number of nitrogens with two attached hydrogens (primary N) is 1. The molecule has 0 aromatic heterocycles. The normalized spacial score (nSPS) is 11.2. The van der Waals surface area contributed by atoms with Gasteiger partial charge in [-0.05, 0) is 12.1 Å². The molecule has 100 valence electrons. The van der Waals surface area contributed by atoms with Crippen LogP contribution < -0.4 is 20.7 Å². The van der Waals surface area contributed by atoms with Crippen molar-refractivity contribution in [3.05, 3.63) is 23.8 Å². The molecule has 0 amide bonds. The fourth-order valence-electron chi connectivity index (χ4n) is 1.45. The topological polar surface area (TPSA) is 78.1 Å².